The van der Waals surface area contributed by atoms with E-state index >= 15 is 0 Å². The summed E-state index contributed by atoms with van der Waals surface area (Å²) in [7, 11) is 1.59. The Morgan fingerprint density at radius 1 is 1.22 bits per heavy atom. The molecule has 0 radical (unpaired) electrons. The van der Waals surface area contributed by atoms with Gasteiger partial charge < -0.3 is 15.0 Å². The fourth-order valence-electron chi connectivity index (χ4n) is 3.04. The van der Waals surface area contributed by atoms with Gasteiger partial charge in [0.1, 0.15) is 17.6 Å². The van der Waals surface area contributed by atoms with Gasteiger partial charge >= 0.3 is 0 Å². The van der Waals surface area contributed by atoms with Crippen LogP contribution in [0.15, 0.2) is 42.5 Å². The maximum atomic E-state index is 14.0. The van der Waals surface area contributed by atoms with E-state index in [1.165, 1.54) is 17.8 Å². The number of methoxy groups -OCH3 is 1. The molecule has 0 bridgehead atoms. The predicted octanol–water partition coefficient (Wildman–Crippen LogP) is 5.05. The highest BCUT2D eigenvalue weighted by molar-refractivity contribution is 7.99. The van der Waals surface area contributed by atoms with Crippen molar-refractivity contribution in [2.45, 2.75) is 45.0 Å². The van der Waals surface area contributed by atoms with Crippen LogP contribution in [-0.2, 0) is 21.9 Å². The lowest BCUT2D eigenvalue weighted by Crippen LogP contribution is -2.48. The van der Waals surface area contributed by atoms with Gasteiger partial charge in [0.2, 0.25) is 11.8 Å². The lowest BCUT2D eigenvalue weighted by atomic mass is 10.1. The molecular formula is C24H30ClFN2O3S. The number of nitrogens with zero attached hydrogens (tertiary/aromatic N) is 1. The summed E-state index contributed by atoms with van der Waals surface area (Å²) < 4.78 is 19.2. The Labute approximate surface area is 198 Å². The van der Waals surface area contributed by atoms with Gasteiger partial charge in [-0.3, -0.25) is 9.59 Å². The molecule has 5 nitrogen and oxygen atoms in total. The summed E-state index contributed by atoms with van der Waals surface area (Å²) in [4.78, 5) is 27.3. The fraction of sp³-hybridized carbons (Fsp3) is 0.417. The number of hydrogen-bond donors (Lipinski definition) is 1. The summed E-state index contributed by atoms with van der Waals surface area (Å²) in [5.41, 5.74) is 1.26. The van der Waals surface area contributed by atoms with Gasteiger partial charge in [0.15, 0.2) is 0 Å². The van der Waals surface area contributed by atoms with Crippen molar-refractivity contribution in [1.29, 1.82) is 0 Å². The predicted molar refractivity (Wildman–Crippen MR) is 128 cm³/mol. The molecule has 8 heteroatoms. The molecule has 0 aliphatic carbocycles. The van der Waals surface area contributed by atoms with E-state index in [0.29, 0.717) is 22.9 Å². The summed E-state index contributed by atoms with van der Waals surface area (Å²) in [5, 5.41) is 3.23. The first-order valence-corrected chi connectivity index (χ1v) is 12.1. The molecule has 1 atom stereocenters. The third-order valence-corrected chi connectivity index (χ3v) is 6.34. The van der Waals surface area contributed by atoms with Gasteiger partial charge in [-0.2, -0.15) is 0 Å². The highest BCUT2D eigenvalue weighted by Crippen LogP contribution is 2.24. The van der Waals surface area contributed by atoms with Crippen LogP contribution in [0.2, 0.25) is 5.02 Å². The minimum absolute atomic E-state index is 0.105. The van der Waals surface area contributed by atoms with Gasteiger partial charge in [0.25, 0.3) is 0 Å². The van der Waals surface area contributed by atoms with Crippen molar-refractivity contribution in [3.8, 4) is 5.75 Å². The Hall–Kier alpha value is -2.25. The molecule has 0 unspecified atom stereocenters. The molecule has 0 saturated heterocycles. The topological polar surface area (TPSA) is 58.6 Å². The maximum Gasteiger partial charge on any atom is 0.242 e. The Balaban J connectivity index is 2.08. The summed E-state index contributed by atoms with van der Waals surface area (Å²) in [5.74, 6) is 0.308. The first-order chi connectivity index (χ1) is 15.4. The second-order valence-electron chi connectivity index (χ2n) is 7.38. The van der Waals surface area contributed by atoms with Crippen molar-refractivity contribution in [1.82, 2.24) is 10.2 Å². The molecule has 0 aliphatic rings. The SMILES string of the molecule is CCCCNC(=O)[C@H](C)N(Cc1ccc(OC)cc1)C(=O)CSCc1c(F)cccc1Cl. The first-order valence-electron chi connectivity index (χ1n) is 10.6. The van der Waals surface area contributed by atoms with Gasteiger partial charge in [-0.25, -0.2) is 4.39 Å². The molecule has 1 N–H and O–H groups in total. The van der Waals surface area contributed by atoms with Crippen LogP contribution < -0.4 is 10.1 Å². The quantitative estimate of drug-likeness (QED) is 0.432. The first kappa shape index (κ1) is 26.0. The average Bonchev–Trinajstić information content (AvgIpc) is 2.79. The zero-order valence-electron chi connectivity index (χ0n) is 18.7. The van der Waals surface area contributed by atoms with Crippen LogP contribution in [0, 0.1) is 5.82 Å². The number of carbonyl (C=O) groups is 2. The smallest absolute Gasteiger partial charge is 0.242 e. The molecule has 32 heavy (non-hydrogen) atoms. The number of ether oxygens (including phenoxy) is 1. The Morgan fingerprint density at radius 2 is 1.94 bits per heavy atom. The van der Waals surface area contributed by atoms with Crippen LogP contribution in [0.25, 0.3) is 0 Å². The van der Waals surface area contributed by atoms with Gasteiger partial charge in [-0.15, -0.1) is 11.8 Å². The third-order valence-electron chi connectivity index (χ3n) is 5.04. The Morgan fingerprint density at radius 3 is 2.56 bits per heavy atom. The van der Waals surface area contributed by atoms with Crippen LogP contribution in [0.1, 0.15) is 37.8 Å². The van der Waals surface area contributed by atoms with E-state index in [-0.39, 0.29) is 29.9 Å². The standard InChI is InChI=1S/C24H30ClFN2O3S/c1-4-5-13-27-24(30)17(2)28(14-18-9-11-19(31-3)12-10-18)23(29)16-32-15-20-21(25)7-6-8-22(20)26/h6-12,17H,4-5,13-16H2,1-3H3,(H,27,30)/t17-/m0/s1. The number of rotatable bonds is 12. The molecule has 2 amide bonds. The molecule has 2 aromatic rings. The zero-order valence-corrected chi connectivity index (χ0v) is 20.3. The van der Waals surface area contributed by atoms with Crippen molar-refractivity contribution in [2.24, 2.45) is 0 Å². The molecule has 2 rings (SSSR count). The van der Waals surface area contributed by atoms with E-state index < -0.39 is 11.9 Å². The molecule has 0 spiro atoms. The van der Waals surface area contributed by atoms with E-state index in [4.69, 9.17) is 16.3 Å². The summed E-state index contributed by atoms with van der Waals surface area (Å²) in [6, 6.07) is 11.3. The van der Waals surface area contributed by atoms with Crippen LogP contribution in [0.4, 0.5) is 4.39 Å². The number of unbranched alkanes of at least 4 members (excludes halogenated alkanes) is 1. The fourth-order valence-corrected chi connectivity index (χ4v) is 4.29. The van der Waals surface area contributed by atoms with E-state index in [9.17, 15) is 14.0 Å². The maximum absolute atomic E-state index is 14.0. The van der Waals surface area contributed by atoms with Crippen molar-refractivity contribution in [3.05, 3.63) is 64.4 Å². The van der Waals surface area contributed by atoms with E-state index in [2.05, 4.69) is 5.32 Å². The molecular weight excluding hydrogens is 451 g/mol. The molecule has 0 saturated carbocycles. The monoisotopic (exact) mass is 480 g/mol. The minimum Gasteiger partial charge on any atom is -0.497 e. The average molecular weight is 481 g/mol. The van der Waals surface area contributed by atoms with E-state index in [0.717, 1.165) is 18.4 Å². The van der Waals surface area contributed by atoms with Crippen molar-refractivity contribution in [3.63, 3.8) is 0 Å². The normalized spacial score (nSPS) is 11.7. The summed E-state index contributed by atoms with van der Waals surface area (Å²) in [6.45, 7) is 4.63. The van der Waals surface area contributed by atoms with Crippen LogP contribution in [-0.4, -0.2) is 42.2 Å². The number of nitrogens with one attached hydrogen (secondary N) is 1. The van der Waals surface area contributed by atoms with E-state index in [1.54, 1.807) is 31.1 Å². The molecule has 0 heterocycles. The number of hydrogen-bond acceptors (Lipinski definition) is 4. The highest BCUT2D eigenvalue weighted by atomic mass is 35.5. The molecule has 174 valence electrons. The second kappa shape index (κ2) is 13.3. The third kappa shape index (κ3) is 7.71. The number of thioether (sulfide) groups is 1. The van der Waals surface area contributed by atoms with Gasteiger partial charge in [0, 0.05) is 29.4 Å². The van der Waals surface area contributed by atoms with Gasteiger partial charge in [0.05, 0.1) is 12.9 Å². The van der Waals surface area contributed by atoms with Crippen molar-refractivity contribution >= 4 is 35.2 Å². The number of halogens is 2. The zero-order chi connectivity index (χ0) is 23.5. The summed E-state index contributed by atoms with van der Waals surface area (Å²) in [6.07, 6.45) is 1.85. The molecule has 0 aromatic heterocycles. The number of benzene rings is 2. The lowest BCUT2D eigenvalue weighted by molar-refractivity contribution is -0.138. The van der Waals surface area contributed by atoms with Crippen molar-refractivity contribution in [2.75, 3.05) is 19.4 Å². The molecule has 0 aliphatic heterocycles. The lowest BCUT2D eigenvalue weighted by Gasteiger charge is -2.29. The van der Waals surface area contributed by atoms with Crippen LogP contribution >= 0.6 is 23.4 Å². The van der Waals surface area contributed by atoms with Gasteiger partial charge in [-0.1, -0.05) is 43.1 Å². The number of amides is 2. The second-order valence-corrected chi connectivity index (χ2v) is 8.78. The van der Waals surface area contributed by atoms with Crippen molar-refractivity contribution < 1.29 is 18.7 Å². The largest absolute Gasteiger partial charge is 0.497 e. The Bertz CT molecular complexity index is 875. The summed E-state index contributed by atoms with van der Waals surface area (Å²) >= 11 is 7.35. The highest BCUT2D eigenvalue weighted by Gasteiger charge is 2.26. The Kier molecular flexibility index (Phi) is 10.8. The molecule has 2 aromatic carbocycles. The number of carbonyl (C=O) groups excluding carboxylic acids is 2. The minimum atomic E-state index is -0.640. The van der Waals surface area contributed by atoms with Crippen LogP contribution in [0.3, 0.4) is 0 Å². The molecule has 0 fully saturated rings. The van der Waals surface area contributed by atoms with E-state index in [1.807, 2.05) is 31.2 Å². The van der Waals surface area contributed by atoms with Gasteiger partial charge in [-0.05, 0) is 43.2 Å². The van der Waals surface area contributed by atoms with Crippen LogP contribution in [0.5, 0.6) is 5.75 Å².